The molecule has 184 valence electrons. The number of allylic oxidation sites excluding steroid dienone is 2. The van der Waals surface area contributed by atoms with Crippen molar-refractivity contribution in [3.8, 4) is 0 Å². The van der Waals surface area contributed by atoms with Crippen molar-refractivity contribution in [3.63, 3.8) is 0 Å². The summed E-state index contributed by atoms with van der Waals surface area (Å²) in [7, 11) is 0. The molecule has 0 fully saturated rings. The second-order valence-corrected chi connectivity index (χ2v) is 11.2. The first-order valence-corrected chi connectivity index (χ1v) is 13.4. The van der Waals surface area contributed by atoms with E-state index >= 15 is 0 Å². The lowest BCUT2D eigenvalue weighted by Crippen LogP contribution is -2.36. The Labute approximate surface area is 226 Å². The van der Waals surface area contributed by atoms with Crippen LogP contribution in [-0.2, 0) is 32.0 Å². The van der Waals surface area contributed by atoms with E-state index < -0.39 is 0 Å². The highest BCUT2D eigenvalue weighted by Crippen LogP contribution is 2.39. The highest BCUT2D eigenvalue weighted by Gasteiger charge is 2.39. The molecule has 4 aliphatic heterocycles. The van der Waals surface area contributed by atoms with Gasteiger partial charge in [0.25, 0.3) is 11.8 Å². The van der Waals surface area contributed by atoms with Crippen LogP contribution in [0.3, 0.4) is 0 Å². The molecule has 0 saturated heterocycles. The van der Waals surface area contributed by atoms with Gasteiger partial charge in [-0.25, -0.2) is 0 Å². The SMILES string of the molecule is Cc1cccc2c1N1C(=O)C=C(Br)C(=O)C[C@@H]1C2.Cc1cccc2c1N1C(=O)C=C(Br)C(=O)C[C@H]1C2. The summed E-state index contributed by atoms with van der Waals surface area (Å²) in [5.41, 5.74) is 6.46. The third kappa shape index (κ3) is 4.30. The predicted molar refractivity (Wildman–Crippen MR) is 146 cm³/mol. The monoisotopic (exact) mass is 610 g/mol. The summed E-state index contributed by atoms with van der Waals surface area (Å²) in [6.45, 7) is 4.00. The van der Waals surface area contributed by atoms with Crippen molar-refractivity contribution in [2.45, 2.75) is 51.6 Å². The maximum absolute atomic E-state index is 12.2. The van der Waals surface area contributed by atoms with Crippen molar-refractivity contribution in [1.82, 2.24) is 0 Å². The number of Topliss-reactive ketones (excluding diaryl/α,β-unsaturated/α-hetero) is 2. The predicted octanol–water partition coefficient (Wildman–Crippen LogP) is 5.01. The number of amides is 2. The Bertz CT molecular complexity index is 1290. The van der Waals surface area contributed by atoms with Gasteiger partial charge in [0.1, 0.15) is 0 Å². The summed E-state index contributed by atoms with van der Waals surface area (Å²) in [4.78, 5) is 51.7. The van der Waals surface area contributed by atoms with Gasteiger partial charge in [0.15, 0.2) is 11.6 Å². The summed E-state index contributed by atoms with van der Waals surface area (Å²) in [6.07, 6.45) is 5.09. The molecular weight excluding hydrogens is 588 g/mol. The van der Waals surface area contributed by atoms with E-state index in [-0.39, 0.29) is 35.5 Å². The third-order valence-corrected chi connectivity index (χ3v) is 8.46. The average molecular weight is 612 g/mol. The molecule has 2 atom stereocenters. The Morgan fingerprint density at radius 3 is 1.42 bits per heavy atom. The molecule has 0 spiro atoms. The van der Waals surface area contributed by atoms with Gasteiger partial charge < -0.3 is 9.80 Å². The van der Waals surface area contributed by atoms with Gasteiger partial charge >= 0.3 is 0 Å². The number of carbonyl (C=O) groups is 4. The standard InChI is InChI=1S/2C14H12BrNO2/c2*1-8-3-2-4-9-5-10-6-12(17)11(15)7-13(18)16(10)14(8)9/h2*2-4,7,10H,5-6H2,1H3/t2*10-/m10/s1. The van der Waals surface area contributed by atoms with Crippen molar-refractivity contribution in [3.05, 3.63) is 79.8 Å². The number of anilines is 2. The Morgan fingerprint density at radius 2 is 1.03 bits per heavy atom. The van der Waals surface area contributed by atoms with Crippen LogP contribution >= 0.6 is 31.9 Å². The lowest BCUT2D eigenvalue weighted by atomic mass is 10.0. The first-order chi connectivity index (χ1) is 17.2. The van der Waals surface area contributed by atoms with E-state index in [0.29, 0.717) is 21.8 Å². The highest BCUT2D eigenvalue weighted by molar-refractivity contribution is 9.12. The molecular formula is C28H24Br2N2O4. The second-order valence-electron chi connectivity index (χ2n) is 9.54. The largest absolute Gasteiger partial charge is 0.304 e. The second kappa shape index (κ2) is 9.56. The minimum atomic E-state index is -0.106. The Hall–Kier alpha value is -2.84. The number of hydrogen-bond donors (Lipinski definition) is 0. The molecule has 0 saturated carbocycles. The number of benzene rings is 2. The number of ketones is 2. The molecule has 0 N–H and O–H groups in total. The van der Waals surface area contributed by atoms with Crippen LogP contribution in [0.2, 0.25) is 0 Å². The van der Waals surface area contributed by atoms with Gasteiger partial charge in [0.2, 0.25) is 0 Å². The van der Waals surface area contributed by atoms with E-state index in [1.165, 1.54) is 12.2 Å². The summed E-state index contributed by atoms with van der Waals surface area (Å²) < 4.78 is 0.772. The molecule has 0 unspecified atom stereocenters. The van der Waals surface area contributed by atoms with Gasteiger partial charge in [-0.3, -0.25) is 19.2 Å². The number of fused-ring (bicyclic) bond motifs is 6. The summed E-state index contributed by atoms with van der Waals surface area (Å²) >= 11 is 6.35. The molecule has 0 bridgehead atoms. The van der Waals surface area contributed by atoms with Gasteiger partial charge in [-0.1, -0.05) is 36.4 Å². The molecule has 2 aromatic carbocycles. The van der Waals surface area contributed by atoms with Crippen molar-refractivity contribution in [2.24, 2.45) is 0 Å². The number of para-hydroxylation sites is 2. The molecule has 6 nitrogen and oxygen atoms in total. The van der Waals surface area contributed by atoms with Crippen LogP contribution in [-0.4, -0.2) is 35.5 Å². The van der Waals surface area contributed by atoms with E-state index in [2.05, 4.69) is 31.9 Å². The van der Waals surface area contributed by atoms with Crippen molar-refractivity contribution >= 4 is 66.6 Å². The molecule has 36 heavy (non-hydrogen) atoms. The summed E-state index contributed by atoms with van der Waals surface area (Å²) in [6, 6.07) is 12.0. The molecule has 2 aromatic rings. The van der Waals surface area contributed by atoms with Gasteiger partial charge in [-0.2, -0.15) is 0 Å². The van der Waals surface area contributed by atoms with Gasteiger partial charge in [0, 0.05) is 37.1 Å². The number of carbonyl (C=O) groups excluding carboxylic acids is 4. The zero-order valence-electron chi connectivity index (χ0n) is 19.9. The lowest BCUT2D eigenvalue weighted by Gasteiger charge is -2.23. The number of hydrogen-bond acceptors (Lipinski definition) is 4. The van der Waals surface area contributed by atoms with Crippen LogP contribution in [0.25, 0.3) is 0 Å². The molecule has 4 heterocycles. The third-order valence-electron chi connectivity index (χ3n) is 7.12. The zero-order chi connectivity index (χ0) is 25.7. The van der Waals surface area contributed by atoms with Crippen LogP contribution in [0.5, 0.6) is 0 Å². The minimum Gasteiger partial charge on any atom is -0.304 e. The van der Waals surface area contributed by atoms with Crippen LogP contribution < -0.4 is 9.80 Å². The number of aryl methyl sites for hydroxylation is 2. The van der Waals surface area contributed by atoms with E-state index in [1.807, 2.05) is 50.2 Å². The highest BCUT2D eigenvalue weighted by atomic mass is 79.9. The minimum absolute atomic E-state index is 0.00121. The maximum Gasteiger partial charge on any atom is 0.252 e. The average Bonchev–Trinajstić information content (AvgIpc) is 3.33. The maximum atomic E-state index is 12.2. The van der Waals surface area contributed by atoms with Crippen LogP contribution in [0.4, 0.5) is 11.4 Å². The normalized spacial score (nSPS) is 22.4. The fourth-order valence-electron chi connectivity index (χ4n) is 5.56. The lowest BCUT2D eigenvalue weighted by molar-refractivity contribution is -0.116. The fourth-order valence-corrected chi connectivity index (χ4v) is 6.28. The van der Waals surface area contributed by atoms with Crippen molar-refractivity contribution in [2.75, 3.05) is 9.80 Å². The number of halogens is 2. The topological polar surface area (TPSA) is 74.8 Å². The first-order valence-electron chi connectivity index (χ1n) is 11.8. The van der Waals surface area contributed by atoms with E-state index in [9.17, 15) is 19.2 Å². The smallest absolute Gasteiger partial charge is 0.252 e. The quantitative estimate of drug-likeness (QED) is 0.420. The molecule has 4 aliphatic rings. The van der Waals surface area contributed by atoms with Gasteiger partial charge in [-0.05, 0) is 80.8 Å². The molecule has 2 amide bonds. The molecule has 0 aliphatic carbocycles. The Morgan fingerprint density at radius 1 is 0.639 bits per heavy atom. The zero-order valence-corrected chi connectivity index (χ0v) is 23.1. The molecule has 6 rings (SSSR count). The summed E-state index contributed by atoms with van der Waals surface area (Å²) in [5, 5.41) is 0. The van der Waals surface area contributed by atoms with Crippen LogP contribution in [0.15, 0.2) is 57.5 Å². The van der Waals surface area contributed by atoms with E-state index in [0.717, 1.165) is 46.5 Å². The van der Waals surface area contributed by atoms with E-state index in [4.69, 9.17) is 0 Å². The number of rotatable bonds is 0. The van der Waals surface area contributed by atoms with Crippen molar-refractivity contribution in [1.29, 1.82) is 0 Å². The molecule has 0 radical (unpaired) electrons. The van der Waals surface area contributed by atoms with Gasteiger partial charge in [0.05, 0.1) is 20.3 Å². The molecule has 8 heteroatoms. The van der Waals surface area contributed by atoms with Crippen LogP contribution in [0.1, 0.15) is 35.1 Å². The van der Waals surface area contributed by atoms with Crippen molar-refractivity contribution < 1.29 is 19.2 Å². The number of nitrogens with zero attached hydrogens (tertiary/aromatic N) is 2. The molecule has 0 aromatic heterocycles. The fraction of sp³-hybridized carbons (Fsp3) is 0.286. The summed E-state index contributed by atoms with van der Waals surface area (Å²) in [5.74, 6) is -0.209. The van der Waals surface area contributed by atoms with Gasteiger partial charge in [-0.15, -0.1) is 0 Å². The first kappa shape index (κ1) is 24.8. The van der Waals surface area contributed by atoms with Crippen LogP contribution in [0, 0.1) is 13.8 Å². The Kier molecular flexibility index (Phi) is 6.59. The van der Waals surface area contributed by atoms with E-state index in [1.54, 1.807) is 9.80 Å². The Balaban J connectivity index is 0.000000148.